The van der Waals surface area contributed by atoms with Crippen LogP contribution in [0.25, 0.3) is 31.9 Å². The van der Waals surface area contributed by atoms with Crippen LogP contribution in [0.2, 0.25) is 0 Å². The fraction of sp³-hybridized carbons (Fsp3) is 0.289. The lowest BCUT2D eigenvalue weighted by molar-refractivity contribution is 0.0578. The molecule has 1 amide bonds. The number of carbonyl (C=O) groups excluding carboxylic acids is 1. The number of aromatic nitrogens is 2. The highest BCUT2D eigenvalue weighted by atomic mass is 32.1. The number of unbranched alkanes of at least 4 members (excludes halogenated alkanes) is 2. The van der Waals surface area contributed by atoms with E-state index >= 15 is 0 Å². The van der Waals surface area contributed by atoms with Gasteiger partial charge in [0.15, 0.2) is 0 Å². The summed E-state index contributed by atoms with van der Waals surface area (Å²) in [6, 6.07) is 22.0. The largest absolute Gasteiger partial charge is 0.494 e. The number of anilines is 2. The molecule has 2 N–H and O–H groups in total. The van der Waals surface area contributed by atoms with E-state index in [0.29, 0.717) is 31.7 Å². The van der Waals surface area contributed by atoms with Crippen molar-refractivity contribution in [1.82, 2.24) is 9.97 Å². The molecule has 5 aromatic rings. The summed E-state index contributed by atoms with van der Waals surface area (Å²) in [4.78, 5) is 49.1. The van der Waals surface area contributed by atoms with Gasteiger partial charge in [-0.05, 0) is 94.1 Å². The van der Waals surface area contributed by atoms with Crippen LogP contribution in [-0.4, -0.2) is 71.1 Å². The Morgan fingerprint density at radius 2 is 1.50 bits per heavy atom. The molecule has 2 aromatic heterocycles. The van der Waals surface area contributed by atoms with Crippen LogP contribution in [0, 0.1) is 0 Å². The minimum absolute atomic E-state index is 0.281. The van der Waals surface area contributed by atoms with Crippen LogP contribution in [0.5, 0.6) is 5.75 Å². The monoisotopic (exact) mass is 696 g/mol. The predicted octanol–water partition coefficient (Wildman–Crippen LogP) is 8.48. The first-order valence-corrected chi connectivity index (χ1v) is 17.0. The molecule has 0 unspecified atom stereocenters. The van der Waals surface area contributed by atoms with Crippen molar-refractivity contribution in [2.75, 3.05) is 37.0 Å². The minimum Gasteiger partial charge on any atom is -0.494 e. The zero-order chi connectivity index (χ0) is 36.0. The second kappa shape index (κ2) is 15.4. The zero-order valence-corrected chi connectivity index (χ0v) is 29.5. The second-order valence-electron chi connectivity index (χ2n) is 12.9. The van der Waals surface area contributed by atoms with Gasteiger partial charge in [-0.1, -0.05) is 24.3 Å². The normalized spacial score (nSPS) is 11.3. The molecule has 0 bridgehead atoms. The van der Waals surface area contributed by atoms with E-state index in [0.717, 1.165) is 44.2 Å². The molecule has 0 radical (unpaired) electrons. The van der Waals surface area contributed by atoms with Crippen molar-refractivity contribution < 1.29 is 34.1 Å². The lowest BCUT2D eigenvalue weighted by atomic mass is 10.1. The van der Waals surface area contributed by atoms with E-state index in [2.05, 4.69) is 35.3 Å². The quantitative estimate of drug-likeness (QED) is 0.115. The molecule has 0 saturated carbocycles. The smallest absolute Gasteiger partial charge is 0.414 e. The topological polar surface area (TPSA) is 142 Å². The van der Waals surface area contributed by atoms with Gasteiger partial charge in [0.25, 0.3) is 0 Å². The third-order valence-electron chi connectivity index (χ3n) is 7.72. The molecule has 12 heteroatoms. The number of ether oxygens (including phenoxy) is 2. The van der Waals surface area contributed by atoms with Gasteiger partial charge in [-0.25, -0.2) is 24.4 Å². The first-order chi connectivity index (χ1) is 23.8. The second-order valence-corrected chi connectivity index (χ2v) is 13.9. The van der Waals surface area contributed by atoms with Crippen molar-refractivity contribution in [1.29, 1.82) is 0 Å². The number of carboxylic acids is 2. The average molecular weight is 697 g/mol. The number of amides is 1. The van der Waals surface area contributed by atoms with E-state index in [1.807, 2.05) is 70.2 Å². The van der Waals surface area contributed by atoms with E-state index in [1.165, 1.54) is 18.2 Å². The molecule has 2 heterocycles. The molecule has 5 rings (SSSR count). The lowest BCUT2D eigenvalue weighted by Gasteiger charge is -2.27. The van der Waals surface area contributed by atoms with Gasteiger partial charge in [0, 0.05) is 43.7 Å². The highest BCUT2D eigenvalue weighted by Gasteiger charge is 2.24. The van der Waals surface area contributed by atoms with Gasteiger partial charge in [0.2, 0.25) is 0 Å². The fourth-order valence-corrected chi connectivity index (χ4v) is 6.19. The van der Waals surface area contributed by atoms with Crippen molar-refractivity contribution in [3.63, 3.8) is 0 Å². The van der Waals surface area contributed by atoms with E-state index in [4.69, 9.17) is 14.5 Å². The Balaban J connectivity index is 1.24. The summed E-state index contributed by atoms with van der Waals surface area (Å²) in [5.41, 5.74) is 3.35. The van der Waals surface area contributed by atoms with Crippen LogP contribution in [0.1, 0.15) is 60.7 Å². The van der Waals surface area contributed by atoms with Crippen LogP contribution >= 0.6 is 11.3 Å². The minimum atomic E-state index is -1.34. The van der Waals surface area contributed by atoms with Crippen LogP contribution in [-0.2, 0) is 4.74 Å². The maximum absolute atomic E-state index is 13.4. The summed E-state index contributed by atoms with van der Waals surface area (Å²) in [5.74, 6) is -1.47. The number of aromatic carboxylic acids is 2. The SMILES string of the molecule is CN(C)c1ccc(-c2ccc(-c3nc4ccc(N(CCCCCOc5ccc(C(=O)O)c(C(=O)O)c5)C(=O)OC(C)(C)C)cc4s3)cc2)cn1. The van der Waals surface area contributed by atoms with Crippen molar-refractivity contribution in [2.45, 2.75) is 45.6 Å². The lowest BCUT2D eigenvalue weighted by Crippen LogP contribution is -2.37. The van der Waals surface area contributed by atoms with Gasteiger partial charge < -0.3 is 24.6 Å². The van der Waals surface area contributed by atoms with Crippen LogP contribution in [0.4, 0.5) is 16.3 Å². The van der Waals surface area contributed by atoms with Crippen molar-refractivity contribution in [3.8, 4) is 27.4 Å². The summed E-state index contributed by atoms with van der Waals surface area (Å²) < 4.78 is 12.4. The number of benzene rings is 3. The first-order valence-electron chi connectivity index (χ1n) is 16.2. The van der Waals surface area contributed by atoms with Gasteiger partial charge in [-0.15, -0.1) is 11.3 Å². The molecule has 260 valence electrons. The highest BCUT2D eigenvalue weighted by molar-refractivity contribution is 7.21. The first kappa shape index (κ1) is 35.8. The molecule has 11 nitrogen and oxygen atoms in total. The van der Waals surface area contributed by atoms with Crippen LogP contribution < -0.4 is 14.5 Å². The van der Waals surface area contributed by atoms with E-state index in [9.17, 15) is 24.6 Å². The number of carbonyl (C=O) groups is 3. The van der Waals surface area contributed by atoms with Gasteiger partial charge in [-0.2, -0.15) is 0 Å². The number of thiazole rings is 1. The van der Waals surface area contributed by atoms with Gasteiger partial charge >= 0.3 is 18.0 Å². The fourth-order valence-electron chi connectivity index (χ4n) is 5.19. The number of carboxylic acid groups (broad SMARTS) is 2. The number of hydrogen-bond donors (Lipinski definition) is 2. The Labute approximate surface area is 294 Å². The van der Waals surface area contributed by atoms with Crippen LogP contribution in [0.3, 0.4) is 0 Å². The summed E-state index contributed by atoms with van der Waals surface area (Å²) in [6.45, 7) is 6.21. The van der Waals surface area contributed by atoms with Crippen LogP contribution in [0.15, 0.2) is 79.0 Å². The Hall–Kier alpha value is -5.49. The number of nitrogens with zero attached hydrogens (tertiary/aromatic N) is 4. The van der Waals surface area contributed by atoms with E-state index < -0.39 is 23.6 Å². The highest BCUT2D eigenvalue weighted by Crippen LogP contribution is 2.34. The Bertz CT molecular complexity index is 1980. The average Bonchev–Trinajstić information content (AvgIpc) is 3.50. The van der Waals surface area contributed by atoms with Gasteiger partial charge in [0.1, 0.15) is 22.2 Å². The molecular weight excluding hydrogens is 657 g/mol. The third kappa shape index (κ3) is 8.94. The molecule has 0 aliphatic carbocycles. The summed E-state index contributed by atoms with van der Waals surface area (Å²) in [5, 5.41) is 19.4. The van der Waals surface area contributed by atoms with Crippen molar-refractivity contribution in [2.24, 2.45) is 0 Å². The molecule has 0 aliphatic heterocycles. The molecular formula is C38H40N4O7S. The molecule has 0 atom stereocenters. The molecule has 0 aliphatic rings. The van der Waals surface area contributed by atoms with E-state index in [-0.39, 0.29) is 16.9 Å². The number of hydrogen-bond acceptors (Lipinski definition) is 9. The summed E-state index contributed by atoms with van der Waals surface area (Å²) >= 11 is 1.56. The summed E-state index contributed by atoms with van der Waals surface area (Å²) in [7, 11) is 3.92. The maximum atomic E-state index is 13.4. The maximum Gasteiger partial charge on any atom is 0.414 e. The Morgan fingerprint density at radius 3 is 2.14 bits per heavy atom. The third-order valence-corrected chi connectivity index (χ3v) is 8.78. The molecule has 0 saturated heterocycles. The molecule has 0 spiro atoms. The van der Waals surface area contributed by atoms with Gasteiger partial charge in [-0.3, -0.25) is 4.90 Å². The predicted molar refractivity (Wildman–Crippen MR) is 196 cm³/mol. The number of pyridine rings is 1. The Kier molecular flexibility index (Phi) is 11.0. The van der Waals surface area contributed by atoms with Crippen molar-refractivity contribution >= 4 is 51.1 Å². The number of rotatable bonds is 13. The number of fused-ring (bicyclic) bond motifs is 1. The summed E-state index contributed by atoms with van der Waals surface area (Å²) in [6.07, 6.45) is 3.44. The van der Waals surface area contributed by atoms with Gasteiger partial charge in [0.05, 0.1) is 28.0 Å². The van der Waals surface area contributed by atoms with Crippen molar-refractivity contribution in [3.05, 3.63) is 90.1 Å². The molecule has 50 heavy (non-hydrogen) atoms. The standard InChI is InChI=1S/C38H40N4O7S/c1-38(2,3)49-37(47)42(19-7-6-8-20-48-28-15-16-29(35(43)44)30(22-28)36(45)46)27-14-17-31-32(21-27)50-34(40-31)25-11-9-24(10-12-25)26-13-18-33(39-23-26)41(4)5/h9-18,21-23H,6-8,19-20H2,1-5H3,(H,43,44)(H,45,46). The Morgan fingerprint density at radius 1 is 0.800 bits per heavy atom. The van der Waals surface area contributed by atoms with E-state index in [1.54, 1.807) is 16.2 Å². The molecule has 3 aromatic carbocycles. The zero-order valence-electron chi connectivity index (χ0n) is 28.7. The molecule has 0 fully saturated rings.